The van der Waals surface area contributed by atoms with Gasteiger partial charge in [0.05, 0.1) is 0 Å². The van der Waals surface area contributed by atoms with Crippen LogP contribution in [0.3, 0.4) is 0 Å². The van der Waals surface area contributed by atoms with E-state index in [1.165, 1.54) is 5.56 Å². The Morgan fingerprint density at radius 2 is 1.52 bits per heavy atom. The molecule has 0 radical (unpaired) electrons. The maximum Gasteiger partial charge on any atom is 0.242 e. The predicted octanol–water partition coefficient (Wildman–Crippen LogP) is 5.35. The molecule has 2 amide bonds. The molecule has 0 saturated carbocycles. The Morgan fingerprint density at radius 1 is 0.909 bits per heavy atom. The summed E-state index contributed by atoms with van der Waals surface area (Å²) in [7, 11) is 1.61. The molecule has 6 heteroatoms. The minimum Gasteiger partial charge on any atom is -0.357 e. The van der Waals surface area contributed by atoms with E-state index < -0.39 is 6.04 Å². The summed E-state index contributed by atoms with van der Waals surface area (Å²) in [5.41, 5.74) is 3.06. The molecule has 0 bridgehead atoms. The number of halogens is 1. The number of carbonyl (C=O) groups is 2. The van der Waals surface area contributed by atoms with Crippen molar-refractivity contribution in [1.82, 2.24) is 10.2 Å². The largest absolute Gasteiger partial charge is 0.357 e. The van der Waals surface area contributed by atoms with E-state index in [4.69, 9.17) is 11.6 Å². The van der Waals surface area contributed by atoms with Gasteiger partial charge in [0.2, 0.25) is 11.8 Å². The molecule has 0 fully saturated rings. The summed E-state index contributed by atoms with van der Waals surface area (Å²) in [5.74, 6) is 1.29. The molecule has 172 valence electrons. The standard InChI is InChI=1S/C27H29ClN2O2S/c1-29-27(32)25(18-21-10-4-2-5-11-21)30(19-23-14-8-9-15-24(23)28)26(31)16-17-33-20-22-12-6-3-7-13-22/h2-15,25H,16-20H2,1H3,(H,29,32). The van der Waals surface area contributed by atoms with Gasteiger partial charge in [0, 0.05) is 43.0 Å². The van der Waals surface area contributed by atoms with Gasteiger partial charge in [0.15, 0.2) is 0 Å². The second-order valence-electron chi connectivity index (χ2n) is 7.72. The highest BCUT2D eigenvalue weighted by Crippen LogP contribution is 2.22. The third kappa shape index (κ3) is 7.65. The van der Waals surface area contributed by atoms with Crippen LogP contribution in [-0.2, 0) is 28.3 Å². The third-order valence-electron chi connectivity index (χ3n) is 5.39. The second-order valence-corrected chi connectivity index (χ2v) is 9.23. The normalized spacial score (nSPS) is 11.6. The van der Waals surface area contributed by atoms with Gasteiger partial charge in [0.1, 0.15) is 6.04 Å². The first-order valence-electron chi connectivity index (χ1n) is 11.0. The molecule has 0 aromatic heterocycles. The number of amides is 2. The summed E-state index contributed by atoms with van der Waals surface area (Å²) in [6.45, 7) is 0.285. The Labute approximate surface area is 205 Å². The van der Waals surface area contributed by atoms with Crippen LogP contribution in [0, 0.1) is 0 Å². The molecule has 0 spiro atoms. The molecule has 0 saturated heterocycles. The fraction of sp³-hybridized carbons (Fsp3) is 0.259. The van der Waals surface area contributed by atoms with Gasteiger partial charge in [-0.15, -0.1) is 0 Å². The molecule has 1 atom stereocenters. The molecule has 3 rings (SSSR count). The maximum atomic E-state index is 13.4. The van der Waals surface area contributed by atoms with Gasteiger partial charge < -0.3 is 10.2 Å². The fourth-order valence-corrected chi connectivity index (χ4v) is 4.69. The van der Waals surface area contributed by atoms with E-state index in [1.54, 1.807) is 29.8 Å². The minimum atomic E-state index is -0.625. The zero-order chi connectivity index (χ0) is 23.5. The van der Waals surface area contributed by atoms with Gasteiger partial charge in [-0.2, -0.15) is 11.8 Å². The Balaban J connectivity index is 1.76. The van der Waals surface area contributed by atoms with Gasteiger partial charge in [-0.05, 0) is 22.8 Å². The molecular weight excluding hydrogens is 452 g/mol. The maximum absolute atomic E-state index is 13.4. The lowest BCUT2D eigenvalue weighted by atomic mass is 10.0. The van der Waals surface area contributed by atoms with Crippen molar-refractivity contribution >= 4 is 35.2 Å². The van der Waals surface area contributed by atoms with Crippen molar-refractivity contribution in [2.45, 2.75) is 31.2 Å². The number of likely N-dealkylation sites (N-methyl/N-ethyl adjacent to an activating group) is 1. The molecule has 33 heavy (non-hydrogen) atoms. The molecule has 3 aromatic carbocycles. The van der Waals surface area contributed by atoms with E-state index in [2.05, 4.69) is 17.4 Å². The first-order valence-corrected chi connectivity index (χ1v) is 12.5. The zero-order valence-electron chi connectivity index (χ0n) is 18.7. The highest BCUT2D eigenvalue weighted by molar-refractivity contribution is 7.98. The van der Waals surface area contributed by atoms with Crippen LogP contribution in [0.1, 0.15) is 23.1 Å². The summed E-state index contributed by atoms with van der Waals surface area (Å²) >= 11 is 8.12. The van der Waals surface area contributed by atoms with Crippen LogP contribution in [0.2, 0.25) is 5.02 Å². The number of thioether (sulfide) groups is 1. The number of hydrogen-bond donors (Lipinski definition) is 1. The van der Waals surface area contributed by atoms with Gasteiger partial charge >= 0.3 is 0 Å². The van der Waals surface area contributed by atoms with Crippen LogP contribution in [0.5, 0.6) is 0 Å². The Morgan fingerprint density at radius 3 is 2.15 bits per heavy atom. The Hall–Kier alpha value is -2.76. The fourth-order valence-electron chi connectivity index (χ4n) is 3.60. The van der Waals surface area contributed by atoms with E-state index in [1.807, 2.05) is 66.7 Å². The van der Waals surface area contributed by atoms with E-state index in [9.17, 15) is 9.59 Å². The number of nitrogens with zero attached hydrogens (tertiary/aromatic N) is 1. The first-order chi connectivity index (χ1) is 16.1. The highest BCUT2D eigenvalue weighted by Gasteiger charge is 2.29. The molecule has 3 aromatic rings. The van der Waals surface area contributed by atoms with Crippen LogP contribution >= 0.6 is 23.4 Å². The summed E-state index contributed by atoms with van der Waals surface area (Å²) in [5, 5.41) is 3.33. The van der Waals surface area contributed by atoms with Crippen LogP contribution in [0.25, 0.3) is 0 Å². The summed E-state index contributed by atoms with van der Waals surface area (Å²) in [6, 6.07) is 26.8. The van der Waals surface area contributed by atoms with Crippen LogP contribution in [0.15, 0.2) is 84.9 Å². The third-order valence-corrected chi connectivity index (χ3v) is 6.79. The van der Waals surface area contributed by atoms with E-state index >= 15 is 0 Å². The lowest BCUT2D eigenvalue weighted by Crippen LogP contribution is -2.49. The Kier molecular flexibility index (Phi) is 9.85. The van der Waals surface area contributed by atoms with Crippen molar-refractivity contribution in [3.63, 3.8) is 0 Å². The van der Waals surface area contributed by atoms with Crippen molar-refractivity contribution in [2.75, 3.05) is 12.8 Å². The van der Waals surface area contributed by atoms with Crippen LogP contribution in [0.4, 0.5) is 0 Å². The van der Waals surface area contributed by atoms with Gasteiger partial charge in [-0.1, -0.05) is 90.5 Å². The van der Waals surface area contributed by atoms with Crippen LogP contribution in [-0.4, -0.2) is 35.6 Å². The minimum absolute atomic E-state index is 0.0555. The first kappa shape index (κ1) is 24.9. The van der Waals surface area contributed by atoms with Crippen molar-refractivity contribution in [2.24, 2.45) is 0 Å². The van der Waals surface area contributed by atoms with Gasteiger partial charge in [0.25, 0.3) is 0 Å². The molecular formula is C27H29ClN2O2S. The number of nitrogens with one attached hydrogen (secondary N) is 1. The SMILES string of the molecule is CNC(=O)C(Cc1ccccc1)N(Cc1ccccc1Cl)C(=O)CCSCc1ccccc1. The van der Waals surface area contributed by atoms with E-state index in [0.29, 0.717) is 23.6 Å². The van der Waals surface area contributed by atoms with Gasteiger partial charge in [-0.3, -0.25) is 9.59 Å². The van der Waals surface area contributed by atoms with Crippen molar-refractivity contribution in [3.05, 3.63) is 107 Å². The van der Waals surface area contributed by atoms with Gasteiger partial charge in [-0.25, -0.2) is 0 Å². The summed E-state index contributed by atoms with van der Waals surface area (Å²) in [4.78, 5) is 28.0. The van der Waals surface area contributed by atoms with Crippen molar-refractivity contribution in [1.29, 1.82) is 0 Å². The van der Waals surface area contributed by atoms with E-state index in [0.717, 1.165) is 16.9 Å². The quantitative estimate of drug-likeness (QED) is 0.376. The zero-order valence-corrected chi connectivity index (χ0v) is 20.3. The molecule has 0 heterocycles. The molecule has 1 unspecified atom stereocenters. The number of hydrogen-bond acceptors (Lipinski definition) is 3. The predicted molar refractivity (Wildman–Crippen MR) is 137 cm³/mol. The lowest BCUT2D eigenvalue weighted by molar-refractivity contribution is -0.140. The average molecular weight is 481 g/mol. The highest BCUT2D eigenvalue weighted by atomic mass is 35.5. The smallest absolute Gasteiger partial charge is 0.242 e. The van der Waals surface area contributed by atoms with Crippen LogP contribution < -0.4 is 5.32 Å². The number of rotatable bonds is 11. The number of benzene rings is 3. The monoisotopic (exact) mass is 480 g/mol. The summed E-state index contributed by atoms with van der Waals surface area (Å²) in [6.07, 6.45) is 0.790. The molecule has 0 aliphatic rings. The topological polar surface area (TPSA) is 49.4 Å². The lowest BCUT2D eigenvalue weighted by Gasteiger charge is -2.31. The molecule has 4 nitrogen and oxygen atoms in total. The molecule has 0 aliphatic heterocycles. The molecule has 1 N–H and O–H groups in total. The summed E-state index contributed by atoms with van der Waals surface area (Å²) < 4.78 is 0. The van der Waals surface area contributed by atoms with Crippen molar-refractivity contribution < 1.29 is 9.59 Å². The van der Waals surface area contributed by atoms with E-state index in [-0.39, 0.29) is 18.4 Å². The average Bonchev–Trinajstić information content (AvgIpc) is 2.85. The second kappa shape index (κ2) is 13.1. The molecule has 0 aliphatic carbocycles. The van der Waals surface area contributed by atoms with Crippen molar-refractivity contribution in [3.8, 4) is 0 Å². The Bertz CT molecular complexity index is 1030. The number of carbonyl (C=O) groups excluding carboxylic acids is 2.